The number of ether oxygens (including phenoxy) is 1. The lowest BCUT2D eigenvalue weighted by atomic mass is 10.0. The van der Waals surface area contributed by atoms with E-state index in [4.69, 9.17) is 4.74 Å². The van der Waals surface area contributed by atoms with Crippen molar-refractivity contribution in [2.45, 2.75) is 53.0 Å². The first-order valence-corrected chi connectivity index (χ1v) is 6.86. The zero-order chi connectivity index (χ0) is 13.5. The zero-order valence-corrected chi connectivity index (χ0v) is 12.3. The molecule has 1 N–H and O–H groups in total. The molecule has 102 valence electrons. The van der Waals surface area contributed by atoms with Crippen LogP contribution in [0.5, 0.6) is 5.75 Å². The number of aryl methyl sites for hydroxylation is 1. The maximum atomic E-state index is 5.46. The van der Waals surface area contributed by atoms with E-state index in [9.17, 15) is 0 Å². The Hall–Kier alpha value is -1.09. The molecule has 0 saturated carbocycles. The van der Waals surface area contributed by atoms with Crippen molar-refractivity contribution in [1.82, 2.24) is 10.3 Å². The van der Waals surface area contributed by atoms with Crippen LogP contribution >= 0.6 is 0 Å². The number of likely N-dealkylation sites (N-methyl/N-ethyl adjacent to an activating group) is 1. The van der Waals surface area contributed by atoms with E-state index < -0.39 is 0 Å². The van der Waals surface area contributed by atoms with Crippen molar-refractivity contribution in [3.8, 4) is 5.75 Å². The summed E-state index contributed by atoms with van der Waals surface area (Å²) in [5, 5.41) is 3.53. The van der Waals surface area contributed by atoms with Gasteiger partial charge in [0.2, 0.25) is 0 Å². The second kappa shape index (κ2) is 7.37. The normalized spacial score (nSPS) is 12.5. The van der Waals surface area contributed by atoms with Gasteiger partial charge in [0.1, 0.15) is 5.75 Å². The Labute approximate surface area is 111 Å². The number of nitrogens with one attached hydrogen (secondary N) is 1. The van der Waals surface area contributed by atoms with Gasteiger partial charge in [0, 0.05) is 35.5 Å². The van der Waals surface area contributed by atoms with Gasteiger partial charge in [-0.15, -0.1) is 0 Å². The molecule has 0 bridgehead atoms. The fourth-order valence-electron chi connectivity index (χ4n) is 2.42. The van der Waals surface area contributed by atoms with Gasteiger partial charge < -0.3 is 10.1 Å². The standard InChI is InChI=1S/C15H26N2O/c1-6-8-13(16-7-2)9-14-12(4)15(18-5)11(3)10-17-14/h10,13,16H,6-9H2,1-5H3. The van der Waals surface area contributed by atoms with Gasteiger partial charge in [0.25, 0.3) is 0 Å². The summed E-state index contributed by atoms with van der Waals surface area (Å²) in [7, 11) is 1.73. The van der Waals surface area contributed by atoms with E-state index in [0.717, 1.165) is 30.0 Å². The third kappa shape index (κ3) is 3.70. The first-order valence-electron chi connectivity index (χ1n) is 6.86. The number of pyridine rings is 1. The second-order valence-electron chi connectivity index (χ2n) is 4.79. The summed E-state index contributed by atoms with van der Waals surface area (Å²) in [5.74, 6) is 0.978. The summed E-state index contributed by atoms with van der Waals surface area (Å²) >= 11 is 0. The van der Waals surface area contributed by atoms with E-state index in [1.165, 1.54) is 18.4 Å². The predicted molar refractivity (Wildman–Crippen MR) is 76.3 cm³/mol. The summed E-state index contributed by atoms with van der Waals surface area (Å²) in [4.78, 5) is 4.57. The molecule has 0 amide bonds. The van der Waals surface area contributed by atoms with Crippen molar-refractivity contribution < 1.29 is 4.74 Å². The lowest BCUT2D eigenvalue weighted by Crippen LogP contribution is -2.31. The van der Waals surface area contributed by atoms with Crippen LogP contribution in [0.2, 0.25) is 0 Å². The van der Waals surface area contributed by atoms with Gasteiger partial charge >= 0.3 is 0 Å². The first-order chi connectivity index (χ1) is 8.63. The molecule has 1 atom stereocenters. The fourth-order valence-corrected chi connectivity index (χ4v) is 2.42. The van der Waals surface area contributed by atoms with E-state index >= 15 is 0 Å². The average Bonchev–Trinajstić information content (AvgIpc) is 2.34. The summed E-state index contributed by atoms with van der Waals surface area (Å²) in [5.41, 5.74) is 3.43. The Morgan fingerprint density at radius 2 is 2.06 bits per heavy atom. The van der Waals surface area contributed by atoms with Gasteiger partial charge in [0.05, 0.1) is 7.11 Å². The molecule has 0 aliphatic rings. The molecule has 3 heteroatoms. The molecule has 1 unspecified atom stereocenters. The van der Waals surface area contributed by atoms with E-state index in [-0.39, 0.29) is 0 Å². The quantitative estimate of drug-likeness (QED) is 0.807. The van der Waals surface area contributed by atoms with Crippen LogP contribution in [0.3, 0.4) is 0 Å². The molecule has 1 heterocycles. The monoisotopic (exact) mass is 250 g/mol. The van der Waals surface area contributed by atoms with Crippen molar-refractivity contribution in [2.24, 2.45) is 0 Å². The van der Waals surface area contributed by atoms with E-state index in [0.29, 0.717) is 6.04 Å². The van der Waals surface area contributed by atoms with E-state index in [2.05, 4.69) is 31.1 Å². The van der Waals surface area contributed by atoms with Gasteiger partial charge in [-0.05, 0) is 26.8 Å². The lowest BCUT2D eigenvalue weighted by molar-refractivity contribution is 0.405. The Balaban J connectivity index is 2.88. The molecule has 0 saturated heterocycles. The van der Waals surface area contributed by atoms with Crippen molar-refractivity contribution in [1.29, 1.82) is 0 Å². The van der Waals surface area contributed by atoms with Crippen LogP contribution in [-0.2, 0) is 6.42 Å². The molecule has 0 spiro atoms. The third-order valence-electron chi connectivity index (χ3n) is 3.32. The topological polar surface area (TPSA) is 34.1 Å². The summed E-state index contributed by atoms with van der Waals surface area (Å²) < 4.78 is 5.46. The Morgan fingerprint density at radius 1 is 1.33 bits per heavy atom. The Kier molecular flexibility index (Phi) is 6.13. The number of nitrogens with zero attached hydrogens (tertiary/aromatic N) is 1. The molecule has 0 fully saturated rings. The SMILES string of the molecule is CCCC(Cc1ncc(C)c(OC)c1C)NCC. The number of rotatable bonds is 7. The molecular formula is C15H26N2O. The van der Waals surface area contributed by atoms with Crippen molar-refractivity contribution >= 4 is 0 Å². The van der Waals surface area contributed by atoms with E-state index in [1.54, 1.807) is 7.11 Å². The van der Waals surface area contributed by atoms with Crippen LogP contribution in [-0.4, -0.2) is 24.7 Å². The number of hydrogen-bond acceptors (Lipinski definition) is 3. The lowest BCUT2D eigenvalue weighted by Gasteiger charge is -2.19. The first kappa shape index (κ1) is 15.0. The Bertz CT molecular complexity index is 371. The highest BCUT2D eigenvalue weighted by Gasteiger charge is 2.14. The van der Waals surface area contributed by atoms with Gasteiger partial charge in [-0.25, -0.2) is 0 Å². The van der Waals surface area contributed by atoms with Crippen LogP contribution in [0.25, 0.3) is 0 Å². The molecule has 18 heavy (non-hydrogen) atoms. The zero-order valence-electron chi connectivity index (χ0n) is 12.3. The molecular weight excluding hydrogens is 224 g/mol. The number of aromatic nitrogens is 1. The number of methoxy groups -OCH3 is 1. The highest BCUT2D eigenvalue weighted by atomic mass is 16.5. The predicted octanol–water partition coefficient (Wildman–Crippen LogP) is 3.03. The summed E-state index contributed by atoms with van der Waals surface area (Å²) in [6.07, 6.45) is 5.27. The highest BCUT2D eigenvalue weighted by Crippen LogP contribution is 2.25. The highest BCUT2D eigenvalue weighted by molar-refractivity contribution is 5.41. The van der Waals surface area contributed by atoms with Crippen molar-refractivity contribution in [3.63, 3.8) is 0 Å². The Morgan fingerprint density at radius 3 is 2.61 bits per heavy atom. The van der Waals surface area contributed by atoms with Gasteiger partial charge in [-0.1, -0.05) is 20.3 Å². The minimum absolute atomic E-state index is 0.513. The molecule has 0 aliphatic heterocycles. The maximum Gasteiger partial charge on any atom is 0.128 e. The average molecular weight is 250 g/mol. The van der Waals surface area contributed by atoms with Crippen LogP contribution in [0, 0.1) is 13.8 Å². The van der Waals surface area contributed by atoms with Crippen LogP contribution < -0.4 is 10.1 Å². The van der Waals surface area contributed by atoms with Gasteiger partial charge in [-0.3, -0.25) is 4.98 Å². The molecule has 3 nitrogen and oxygen atoms in total. The third-order valence-corrected chi connectivity index (χ3v) is 3.32. The van der Waals surface area contributed by atoms with Gasteiger partial charge in [0.15, 0.2) is 0 Å². The molecule has 0 aromatic carbocycles. The minimum atomic E-state index is 0.513. The van der Waals surface area contributed by atoms with Crippen molar-refractivity contribution in [2.75, 3.05) is 13.7 Å². The van der Waals surface area contributed by atoms with Crippen molar-refractivity contribution in [3.05, 3.63) is 23.0 Å². The van der Waals surface area contributed by atoms with Crippen LogP contribution in [0.4, 0.5) is 0 Å². The smallest absolute Gasteiger partial charge is 0.128 e. The molecule has 0 radical (unpaired) electrons. The molecule has 1 aromatic rings. The minimum Gasteiger partial charge on any atom is -0.496 e. The van der Waals surface area contributed by atoms with E-state index in [1.807, 2.05) is 13.1 Å². The maximum absolute atomic E-state index is 5.46. The molecule has 1 aromatic heterocycles. The second-order valence-corrected chi connectivity index (χ2v) is 4.79. The van der Waals surface area contributed by atoms with Crippen LogP contribution in [0.1, 0.15) is 43.5 Å². The largest absolute Gasteiger partial charge is 0.496 e. The van der Waals surface area contributed by atoms with Gasteiger partial charge in [-0.2, -0.15) is 0 Å². The number of hydrogen-bond donors (Lipinski definition) is 1. The molecule has 0 aliphatic carbocycles. The summed E-state index contributed by atoms with van der Waals surface area (Å²) in [6.45, 7) is 9.52. The fraction of sp³-hybridized carbons (Fsp3) is 0.667. The molecule has 1 rings (SSSR count). The van der Waals surface area contributed by atoms with Crippen LogP contribution in [0.15, 0.2) is 6.20 Å². The summed E-state index contributed by atoms with van der Waals surface area (Å²) in [6, 6.07) is 0.513.